The Labute approximate surface area is 137 Å². The van der Waals surface area contributed by atoms with Gasteiger partial charge in [0, 0.05) is 11.9 Å². The van der Waals surface area contributed by atoms with Gasteiger partial charge in [-0.25, -0.2) is 4.79 Å². The van der Waals surface area contributed by atoms with Crippen LogP contribution in [0, 0.1) is 0 Å². The second kappa shape index (κ2) is 5.49. The minimum absolute atomic E-state index is 0.133. The lowest BCUT2D eigenvalue weighted by Gasteiger charge is -2.11. The Morgan fingerprint density at radius 2 is 1.83 bits per heavy atom. The molecule has 1 aliphatic rings. The number of aromatic nitrogens is 2. The van der Waals surface area contributed by atoms with Gasteiger partial charge in [0.05, 0.1) is 11.9 Å². The van der Waals surface area contributed by atoms with Crippen LogP contribution in [-0.4, -0.2) is 9.13 Å². The van der Waals surface area contributed by atoms with Gasteiger partial charge in [-0.05, 0) is 36.8 Å². The molecule has 0 radical (unpaired) electrons. The number of fused-ring (bicyclic) bond motifs is 3. The lowest BCUT2D eigenvalue weighted by molar-refractivity contribution is 0.659. The third kappa shape index (κ3) is 2.27. The molecule has 2 heterocycles. The zero-order valence-corrected chi connectivity index (χ0v) is 13.9. The maximum Gasteiger partial charge on any atom is 0.332 e. The van der Waals surface area contributed by atoms with Crippen LogP contribution in [0.2, 0.25) is 0 Å². The maximum atomic E-state index is 13.0. The first-order valence-electron chi connectivity index (χ1n) is 7.95. The van der Waals surface area contributed by atoms with E-state index in [1.54, 1.807) is 23.0 Å². The number of hydrogen-bond donors (Lipinski definition) is 0. The molecule has 0 unspecified atom stereocenters. The number of aryl methyl sites for hydroxylation is 3. The van der Waals surface area contributed by atoms with Crippen molar-refractivity contribution in [2.45, 2.75) is 32.2 Å². The molecule has 2 aromatic heterocycles. The van der Waals surface area contributed by atoms with Crippen LogP contribution in [-0.2, 0) is 26.4 Å². The van der Waals surface area contributed by atoms with E-state index in [-0.39, 0.29) is 11.2 Å². The fraction of sp³-hybridized carbons (Fsp3) is 0.333. The van der Waals surface area contributed by atoms with Crippen molar-refractivity contribution in [3.05, 3.63) is 67.2 Å². The van der Waals surface area contributed by atoms with Gasteiger partial charge in [-0.3, -0.25) is 13.9 Å². The monoisotopic (exact) mass is 326 g/mol. The number of thiophene rings is 1. The van der Waals surface area contributed by atoms with Crippen molar-refractivity contribution in [1.82, 2.24) is 9.13 Å². The average Bonchev–Trinajstić information content (AvgIpc) is 2.97. The standard InChI is InChI=1S/C18H18N2O2S/c1-19-17-15(13-9-5-6-10-14(13)23-17)16(21)20(18(19)22)11-12-7-3-2-4-8-12/h2-4,7-8H,5-6,9-11H2,1H3. The topological polar surface area (TPSA) is 44.0 Å². The Hall–Kier alpha value is -2.14. The van der Waals surface area contributed by atoms with Crippen molar-refractivity contribution in [2.75, 3.05) is 0 Å². The van der Waals surface area contributed by atoms with Crippen molar-refractivity contribution in [3.8, 4) is 0 Å². The van der Waals surface area contributed by atoms with Crippen LogP contribution in [0.4, 0.5) is 0 Å². The third-order valence-corrected chi connectivity index (χ3v) is 5.99. The van der Waals surface area contributed by atoms with Gasteiger partial charge in [-0.1, -0.05) is 30.3 Å². The molecule has 0 N–H and O–H groups in total. The summed E-state index contributed by atoms with van der Waals surface area (Å²) in [6.07, 6.45) is 4.28. The molecule has 23 heavy (non-hydrogen) atoms. The van der Waals surface area contributed by atoms with Gasteiger partial charge in [-0.15, -0.1) is 11.3 Å². The zero-order chi connectivity index (χ0) is 16.0. The summed E-state index contributed by atoms with van der Waals surface area (Å²) in [7, 11) is 1.77. The highest BCUT2D eigenvalue weighted by Crippen LogP contribution is 2.33. The highest BCUT2D eigenvalue weighted by atomic mass is 32.1. The summed E-state index contributed by atoms with van der Waals surface area (Å²) in [5.41, 5.74) is 1.78. The molecule has 1 aromatic carbocycles. The Morgan fingerprint density at radius 1 is 1.09 bits per heavy atom. The molecule has 0 saturated heterocycles. The molecule has 0 atom stereocenters. The SMILES string of the molecule is Cn1c(=O)n(Cc2ccccc2)c(=O)c2c3c(sc21)CCCC3. The minimum atomic E-state index is -0.232. The molecule has 4 nitrogen and oxygen atoms in total. The van der Waals surface area contributed by atoms with Crippen LogP contribution in [0.15, 0.2) is 39.9 Å². The first-order valence-corrected chi connectivity index (χ1v) is 8.76. The number of benzene rings is 1. The van der Waals surface area contributed by atoms with Gasteiger partial charge in [0.2, 0.25) is 0 Å². The summed E-state index contributed by atoms with van der Waals surface area (Å²) < 4.78 is 3.02. The van der Waals surface area contributed by atoms with Crippen LogP contribution in [0.25, 0.3) is 10.2 Å². The molecular formula is C18H18N2O2S. The van der Waals surface area contributed by atoms with Gasteiger partial charge >= 0.3 is 5.69 Å². The summed E-state index contributed by atoms with van der Waals surface area (Å²) >= 11 is 1.62. The van der Waals surface area contributed by atoms with Crippen LogP contribution >= 0.6 is 11.3 Å². The van der Waals surface area contributed by atoms with E-state index in [2.05, 4.69) is 0 Å². The number of hydrogen-bond acceptors (Lipinski definition) is 3. The first-order chi connectivity index (χ1) is 11.2. The predicted octanol–water partition coefficient (Wildman–Crippen LogP) is 2.69. The third-order valence-electron chi connectivity index (χ3n) is 4.62. The molecule has 0 saturated carbocycles. The second-order valence-corrected chi connectivity index (χ2v) is 7.19. The van der Waals surface area contributed by atoms with Crippen molar-refractivity contribution in [3.63, 3.8) is 0 Å². The van der Waals surface area contributed by atoms with Crippen molar-refractivity contribution < 1.29 is 0 Å². The maximum absolute atomic E-state index is 13.0. The van der Waals surface area contributed by atoms with Gasteiger partial charge in [0.25, 0.3) is 5.56 Å². The summed E-state index contributed by atoms with van der Waals surface area (Å²) in [5, 5.41) is 0.766. The van der Waals surface area contributed by atoms with Gasteiger partial charge in [-0.2, -0.15) is 0 Å². The number of nitrogens with zero attached hydrogens (tertiary/aromatic N) is 2. The van der Waals surface area contributed by atoms with E-state index in [0.717, 1.165) is 35.0 Å². The van der Waals surface area contributed by atoms with Crippen molar-refractivity contribution >= 4 is 21.6 Å². The highest BCUT2D eigenvalue weighted by molar-refractivity contribution is 7.18. The van der Waals surface area contributed by atoms with E-state index in [1.165, 1.54) is 21.4 Å². The average molecular weight is 326 g/mol. The molecule has 1 aliphatic carbocycles. The Bertz CT molecular complexity index is 996. The largest absolute Gasteiger partial charge is 0.332 e. The Kier molecular flexibility index (Phi) is 3.45. The molecule has 118 valence electrons. The zero-order valence-electron chi connectivity index (χ0n) is 13.0. The first kappa shape index (κ1) is 14.5. The van der Waals surface area contributed by atoms with Crippen LogP contribution in [0.1, 0.15) is 28.8 Å². The molecule has 0 fully saturated rings. The van der Waals surface area contributed by atoms with E-state index in [9.17, 15) is 9.59 Å². The van der Waals surface area contributed by atoms with Crippen LogP contribution < -0.4 is 11.2 Å². The summed E-state index contributed by atoms with van der Waals surface area (Å²) in [6, 6.07) is 9.67. The Morgan fingerprint density at radius 3 is 2.61 bits per heavy atom. The van der Waals surface area contributed by atoms with Crippen molar-refractivity contribution in [2.24, 2.45) is 7.05 Å². The minimum Gasteiger partial charge on any atom is -0.287 e. The molecule has 0 amide bonds. The lowest BCUT2D eigenvalue weighted by atomic mass is 9.97. The summed E-state index contributed by atoms with van der Waals surface area (Å²) in [6.45, 7) is 0.326. The molecule has 5 heteroatoms. The molecular weight excluding hydrogens is 308 g/mol. The highest BCUT2D eigenvalue weighted by Gasteiger charge is 2.22. The molecule has 3 aromatic rings. The van der Waals surface area contributed by atoms with Gasteiger partial charge in [0.1, 0.15) is 4.83 Å². The van der Waals surface area contributed by atoms with E-state index in [4.69, 9.17) is 0 Å². The molecule has 4 rings (SSSR count). The van der Waals surface area contributed by atoms with Gasteiger partial charge < -0.3 is 0 Å². The summed E-state index contributed by atoms with van der Waals surface area (Å²) in [4.78, 5) is 27.8. The number of rotatable bonds is 2. The molecule has 0 aliphatic heterocycles. The van der Waals surface area contributed by atoms with E-state index < -0.39 is 0 Å². The predicted molar refractivity (Wildman–Crippen MR) is 93.5 cm³/mol. The van der Waals surface area contributed by atoms with E-state index >= 15 is 0 Å². The fourth-order valence-corrected chi connectivity index (χ4v) is 4.74. The molecule has 0 spiro atoms. The fourth-order valence-electron chi connectivity index (χ4n) is 3.40. The van der Waals surface area contributed by atoms with Crippen molar-refractivity contribution in [1.29, 1.82) is 0 Å². The van der Waals surface area contributed by atoms with E-state index in [1.807, 2.05) is 30.3 Å². The second-order valence-electron chi connectivity index (χ2n) is 6.11. The van der Waals surface area contributed by atoms with Gasteiger partial charge in [0.15, 0.2) is 0 Å². The Balaban J connectivity index is 1.98. The van der Waals surface area contributed by atoms with Crippen LogP contribution in [0.5, 0.6) is 0 Å². The quantitative estimate of drug-likeness (QED) is 0.727. The smallest absolute Gasteiger partial charge is 0.287 e. The normalized spacial score (nSPS) is 14.1. The lowest BCUT2D eigenvalue weighted by Crippen LogP contribution is -2.39. The molecule has 0 bridgehead atoms. The van der Waals surface area contributed by atoms with E-state index in [0.29, 0.717) is 6.54 Å². The summed E-state index contributed by atoms with van der Waals surface area (Å²) in [5.74, 6) is 0. The van der Waals surface area contributed by atoms with Crippen LogP contribution in [0.3, 0.4) is 0 Å².